The summed E-state index contributed by atoms with van der Waals surface area (Å²) in [5, 5.41) is 26.3. The fourth-order valence-electron chi connectivity index (χ4n) is 4.63. The number of anilines is 1. The van der Waals surface area contributed by atoms with Gasteiger partial charge in [-0.2, -0.15) is 0 Å². The Kier molecular flexibility index (Phi) is 7.45. The van der Waals surface area contributed by atoms with Crippen molar-refractivity contribution in [1.82, 2.24) is 25.1 Å². The summed E-state index contributed by atoms with van der Waals surface area (Å²) >= 11 is 0. The van der Waals surface area contributed by atoms with E-state index in [1.807, 2.05) is 24.3 Å². The standard InChI is InChI=1S/C24H30N6O5/c1-15(31)29-8-6-18(7-9-29)28-22-11-19(26-14-27-22)23(33)25-12-21(32)20-10-16-4-2-3-5-17(16)13-30(20)24(34)35/h2-5,11,14,18,20-21,32H,6-10,12-13H2,1H3,(H,25,33)(H,34,35)(H,26,27,28)/t20-,21?/m0/s1. The molecular weight excluding hydrogens is 452 g/mol. The zero-order valence-electron chi connectivity index (χ0n) is 19.6. The van der Waals surface area contributed by atoms with Gasteiger partial charge in [-0.05, 0) is 30.4 Å². The van der Waals surface area contributed by atoms with Crippen LogP contribution in [0.2, 0.25) is 0 Å². The molecule has 2 aliphatic rings. The van der Waals surface area contributed by atoms with Crippen molar-refractivity contribution in [3.05, 3.63) is 53.5 Å². The first-order valence-corrected chi connectivity index (χ1v) is 11.7. The Labute approximate surface area is 203 Å². The highest BCUT2D eigenvalue weighted by Gasteiger charge is 2.34. The molecule has 0 aliphatic carbocycles. The first-order valence-electron chi connectivity index (χ1n) is 11.7. The van der Waals surface area contributed by atoms with Crippen molar-refractivity contribution in [2.75, 3.05) is 25.0 Å². The Bertz CT molecular complexity index is 1090. The average Bonchev–Trinajstić information content (AvgIpc) is 2.86. The van der Waals surface area contributed by atoms with Gasteiger partial charge in [-0.25, -0.2) is 14.8 Å². The van der Waals surface area contributed by atoms with E-state index >= 15 is 0 Å². The molecule has 0 bridgehead atoms. The van der Waals surface area contributed by atoms with E-state index in [0.717, 1.165) is 24.0 Å². The highest BCUT2D eigenvalue weighted by Crippen LogP contribution is 2.25. The van der Waals surface area contributed by atoms with E-state index in [2.05, 4.69) is 20.6 Å². The molecule has 1 unspecified atom stereocenters. The quantitative estimate of drug-likeness (QED) is 0.478. The van der Waals surface area contributed by atoms with Crippen LogP contribution in [0.1, 0.15) is 41.4 Å². The van der Waals surface area contributed by atoms with Crippen molar-refractivity contribution in [1.29, 1.82) is 0 Å². The van der Waals surface area contributed by atoms with Crippen molar-refractivity contribution in [2.24, 2.45) is 0 Å². The Morgan fingerprint density at radius 1 is 1.14 bits per heavy atom. The van der Waals surface area contributed by atoms with Gasteiger partial charge in [0.25, 0.3) is 5.91 Å². The number of nitrogens with zero attached hydrogens (tertiary/aromatic N) is 4. The smallest absolute Gasteiger partial charge is 0.407 e. The fraction of sp³-hybridized carbons (Fsp3) is 0.458. The Hall–Kier alpha value is -3.73. The van der Waals surface area contributed by atoms with Crippen LogP contribution in [0, 0.1) is 0 Å². The summed E-state index contributed by atoms with van der Waals surface area (Å²) in [5.41, 5.74) is 2.04. The van der Waals surface area contributed by atoms with Gasteiger partial charge in [-0.3, -0.25) is 14.5 Å². The van der Waals surface area contributed by atoms with Crippen molar-refractivity contribution in [3.8, 4) is 0 Å². The molecule has 1 aromatic carbocycles. The van der Waals surface area contributed by atoms with E-state index in [1.165, 1.54) is 11.2 Å². The molecule has 1 fully saturated rings. The topological polar surface area (TPSA) is 148 Å². The van der Waals surface area contributed by atoms with Crippen molar-refractivity contribution in [3.63, 3.8) is 0 Å². The summed E-state index contributed by atoms with van der Waals surface area (Å²) in [6.07, 6.45) is 1.01. The third-order valence-corrected chi connectivity index (χ3v) is 6.64. The van der Waals surface area contributed by atoms with Crippen LogP contribution in [0.15, 0.2) is 36.7 Å². The lowest BCUT2D eigenvalue weighted by atomic mass is 9.91. The minimum absolute atomic E-state index is 0.0653. The number of likely N-dealkylation sites (tertiary alicyclic amines) is 1. The van der Waals surface area contributed by atoms with Gasteiger partial charge >= 0.3 is 6.09 Å². The predicted octanol–water partition coefficient (Wildman–Crippen LogP) is 1.10. The molecule has 2 aliphatic heterocycles. The second kappa shape index (κ2) is 10.7. The van der Waals surface area contributed by atoms with Gasteiger partial charge in [-0.15, -0.1) is 0 Å². The number of hydrogen-bond donors (Lipinski definition) is 4. The third-order valence-electron chi connectivity index (χ3n) is 6.64. The summed E-state index contributed by atoms with van der Waals surface area (Å²) in [6.45, 7) is 2.97. The van der Waals surface area contributed by atoms with Crippen LogP contribution in [0.4, 0.5) is 10.6 Å². The highest BCUT2D eigenvalue weighted by atomic mass is 16.4. The second-order valence-corrected chi connectivity index (χ2v) is 8.94. The van der Waals surface area contributed by atoms with Crippen molar-refractivity contribution >= 4 is 23.7 Å². The molecule has 2 aromatic rings. The Morgan fingerprint density at radius 3 is 2.54 bits per heavy atom. The first-order chi connectivity index (χ1) is 16.8. The molecule has 0 spiro atoms. The number of fused-ring (bicyclic) bond motifs is 1. The molecule has 3 amide bonds. The van der Waals surface area contributed by atoms with Gasteiger partial charge in [0.05, 0.1) is 12.1 Å². The number of hydrogen-bond acceptors (Lipinski definition) is 7. The van der Waals surface area contributed by atoms with Gasteiger partial charge in [0.2, 0.25) is 5.91 Å². The number of aromatic nitrogens is 2. The minimum Gasteiger partial charge on any atom is -0.465 e. The molecule has 4 rings (SSSR count). The molecule has 0 saturated carbocycles. The number of rotatable bonds is 6. The number of benzene rings is 1. The Morgan fingerprint density at radius 2 is 1.86 bits per heavy atom. The van der Waals surface area contributed by atoms with Crippen LogP contribution in [0.3, 0.4) is 0 Å². The van der Waals surface area contributed by atoms with E-state index in [4.69, 9.17) is 0 Å². The summed E-state index contributed by atoms with van der Waals surface area (Å²) in [5.74, 6) is 0.0856. The summed E-state index contributed by atoms with van der Waals surface area (Å²) in [6, 6.07) is 8.54. The number of aliphatic hydroxyl groups is 1. The van der Waals surface area contributed by atoms with Crippen LogP contribution in [-0.2, 0) is 17.8 Å². The van der Waals surface area contributed by atoms with Crippen LogP contribution in [0.5, 0.6) is 0 Å². The maximum absolute atomic E-state index is 12.7. The fourth-order valence-corrected chi connectivity index (χ4v) is 4.63. The number of amides is 3. The number of piperidine rings is 1. The SMILES string of the molecule is CC(=O)N1CCC(Nc2cc(C(=O)NCC(O)[C@@H]3Cc4ccccc4CN3C(=O)O)ncn2)CC1. The van der Waals surface area contributed by atoms with Gasteiger partial charge in [-0.1, -0.05) is 24.3 Å². The van der Waals surface area contributed by atoms with E-state index in [1.54, 1.807) is 17.9 Å². The second-order valence-electron chi connectivity index (χ2n) is 8.94. The predicted molar refractivity (Wildman–Crippen MR) is 127 cm³/mol. The third kappa shape index (κ3) is 5.86. The molecule has 4 N–H and O–H groups in total. The molecular formula is C24H30N6O5. The van der Waals surface area contributed by atoms with Crippen LogP contribution >= 0.6 is 0 Å². The zero-order valence-corrected chi connectivity index (χ0v) is 19.6. The van der Waals surface area contributed by atoms with E-state index in [-0.39, 0.29) is 30.7 Å². The largest absolute Gasteiger partial charge is 0.465 e. The Balaban J connectivity index is 1.33. The van der Waals surface area contributed by atoms with Crippen LogP contribution < -0.4 is 10.6 Å². The van der Waals surface area contributed by atoms with Crippen molar-refractivity contribution < 1.29 is 24.6 Å². The molecule has 11 heteroatoms. The van der Waals surface area contributed by atoms with E-state index in [9.17, 15) is 24.6 Å². The maximum Gasteiger partial charge on any atom is 0.407 e. The lowest BCUT2D eigenvalue weighted by Gasteiger charge is -2.37. The number of carbonyl (C=O) groups is 3. The number of carboxylic acid groups (broad SMARTS) is 1. The zero-order chi connectivity index (χ0) is 24.9. The minimum atomic E-state index is -1.12. The summed E-state index contributed by atoms with van der Waals surface area (Å²) in [4.78, 5) is 47.2. The van der Waals surface area contributed by atoms with Gasteiger partial charge < -0.3 is 25.7 Å². The molecule has 186 valence electrons. The lowest BCUT2D eigenvalue weighted by molar-refractivity contribution is -0.129. The highest BCUT2D eigenvalue weighted by molar-refractivity contribution is 5.92. The van der Waals surface area contributed by atoms with Crippen LogP contribution in [0.25, 0.3) is 0 Å². The molecule has 1 aromatic heterocycles. The lowest BCUT2D eigenvalue weighted by Crippen LogP contribution is -2.53. The van der Waals surface area contributed by atoms with E-state index < -0.39 is 24.1 Å². The molecule has 3 heterocycles. The van der Waals surface area contributed by atoms with Gasteiger partial charge in [0.1, 0.15) is 17.8 Å². The number of aliphatic hydroxyl groups excluding tert-OH is 1. The van der Waals surface area contributed by atoms with Crippen LogP contribution in [-0.4, -0.2) is 85.7 Å². The van der Waals surface area contributed by atoms with Gasteiger partial charge in [0, 0.05) is 45.2 Å². The normalized spacial score (nSPS) is 19.0. The summed E-state index contributed by atoms with van der Waals surface area (Å²) < 4.78 is 0. The summed E-state index contributed by atoms with van der Waals surface area (Å²) in [7, 11) is 0. The molecule has 0 radical (unpaired) electrons. The first kappa shape index (κ1) is 24.4. The maximum atomic E-state index is 12.7. The molecule has 35 heavy (non-hydrogen) atoms. The average molecular weight is 483 g/mol. The molecule has 11 nitrogen and oxygen atoms in total. The van der Waals surface area contributed by atoms with Gasteiger partial charge in [0.15, 0.2) is 0 Å². The van der Waals surface area contributed by atoms with E-state index in [0.29, 0.717) is 25.3 Å². The molecule has 2 atom stereocenters. The van der Waals surface area contributed by atoms with Crippen molar-refractivity contribution in [2.45, 2.75) is 50.9 Å². The monoisotopic (exact) mass is 482 g/mol. The molecule has 1 saturated heterocycles. The number of nitrogens with one attached hydrogen (secondary N) is 2. The number of carbonyl (C=O) groups excluding carboxylic acids is 2.